The van der Waals surface area contributed by atoms with Crippen molar-refractivity contribution in [2.75, 3.05) is 26.3 Å². The first-order valence-electron chi connectivity index (χ1n) is 8.72. The number of hydrogen-bond acceptors (Lipinski definition) is 4. The Hall–Kier alpha value is -1.26. The summed E-state index contributed by atoms with van der Waals surface area (Å²) in [6, 6.07) is 0. The molecule has 0 heterocycles. The molecule has 0 unspecified atom stereocenters. The Morgan fingerprint density at radius 2 is 1.41 bits per heavy atom. The standard InChI is InChI=1S/C17H33NO4/c1-4-7-8-9-10-11-12-14-21-16(19)15-18(6-3)17(20)22-13-5-2/h4-15H2,1-3H3. The largest absolute Gasteiger partial charge is 0.464 e. The van der Waals surface area contributed by atoms with E-state index in [0.717, 1.165) is 19.3 Å². The van der Waals surface area contributed by atoms with Crippen LogP contribution in [0.4, 0.5) is 4.79 Å². The molecule has 0 aliphatic rings. The molecule has 0 atom stereocenters. The van der Waals surface area contributed by atoms with E-state index in [-0.39, 0.29) is 12.5 Å². The molecule has 5 heteroatoms. The second-order valence-corrected chi connectivity index (χ2v) is 5.47. The van der Waals surface area contributed by atoms with Gasteiger partial charge in [-0.3, -0.25) is 9.69 Å². The molecule has 0 radical (unpaired) electrons. The number of likely N-dealkylation sites (N-methyl/N-ethyl adjacent to an activating group) is 1. The van der Waals surface area contributed by atoms with Crippen molar-refractivity contribution < 1.29 is 19.1 Å². The molecular formula is C17H33NO4. The van der Waals surface area contributed by atoms with E-state index in [9.17, 15) is 9.59 Å². The molecule has 0 fully saturated rings. The third-order valence-electron chi connectivity index (χ3n) is 3.40. The fourth-order valence-electron chi connectivity index (χ4n) is 2.03. The van der Waals surface area contributed by atoms with Gasteiger partial charge >= 0.3 is 12.1 Å². The Kier molecular flexibility index (Phi) is 13.8. The maximum Gasteiger partial charge on any atom is 0.410 e. The van der Waals surface area contributed by atoms with Crippen molar-refractivity contribution in [1.29, 1.82) is 0 Å². The topological polar surface area (TPSA) is 55.8 Å². The lowest BCUT2D eigenvalue weighted by atomic mass is 10.1. The highest BCUT2D eigenvalue weighted by molar-refractivity contribution is 5.78. The summed E-state index contributed by atoms with van der Waals surface area (Å²) in [7, 11) is 0. The van der Waals surface area contributed by atoms with Crippen LogP contribution in [0.2, 0.25) is 0 Å². The summed E-state index contributed by atoms with van der Waals surface area (Å²) in [5.74, 6) is -0.360. The van der Waals surface area contributed by atoms with Crippen molar-refractivity contribution in [2.45, 2.75) is 72.1 Å². The Balaban J connectivity index is 3.67. The molecule has 0 bridgehead atoms. The zero-order valence-corrected chi connectivity index (χ0v) is 14.6. The SMILES string of the molecule is CCCCCCCCCOC(=O)CN(CC)C(=O)OCCC. The van der Waals surface area contributed by atoms with Gasteiger partial charge in [-0.1, -0.05) is 52.4 Å². The van der Waals surface area contributed by atoms with Gasteiger partial charge in [0.2, 0.25) is 0 Å². The summed E-state index contributed by atoms with van der Waals surface area (Å²) in [6.07, 6.45) is 8.61. The van der Waals surface area contributed by atoms with Crippen molar-refractivity contribution in [3.8, 4) is 0 Å². The smallest absolute Gasteiger partial charge is 0.410 e. The van der Waals surface area contributed by atoms with Gasteiger partial charge in [0.1, 0.15) is 6.54 Å². The zero-order chi connectivity index (χ0) is 16.6. The van der Waals surface area contributed by atoms with Crippen LogP contribution in [0.5, 0.6) is 0 Å². The molecule has 0 rings (SSSR count). The molecule has 1 amide bonds. The molecule has 0 spiro atoms. The molecule has 0 saturated carbocycles. The number of esters is 1. The molecule has 0 aromatic heterocycles. The van der Waals surface area contributed by atoms with E-state index in [1.807, 2.05) is 13.8 Å². The molecule has 0 aromatic carbocycles. The van der Waals surface area contributed by atoms with Gasteiger partial charge in [-0.15, -0.1) is 0 Å². The predicted molar refractivity (Wildman–Crippen MR) is 87.8 cm³/mol. The van der Waals surface area contributed by atoms with E-state index < -0.39 is 6.09 Å². The van der Waals surface area contributed by atoms with Crippen LogP contribution in [0, 0.1) is 0 Å². The molecule has 0 aromatic rings. The average Bonchev–Trinajstić information content (AvgIpc) is 2.52. The molecule has 130 valence electrons. The number of amides is 1. The van der Waals surface area contributed by atoms with Gasteiger partial charge in [0.05, 0.1) is 13.2 Å². The van der Waals surface area contributed by atoms with Crippen LogP contribution >= 0.6 is 0 Å². The Labute approximate surface area is 135 Å². The van der Waals surface area contributed by atoms with Gasteiger partial charge in [0, 0.05) is 6.54 Å². The Morgan fingerprint density at radius 3 is 2.00 bits per heavy atom. The fraction of sp³-hybridized carbons (Fsp3) is 0.882. The second-order valence-electron chi connectivity index (χ2n) is 5.47. The summed E-state index contributed by atoms with van der Waals surface area (Å²) >= 11 is 0. The first-order chi connectivity index (χ1) is 10.7. The zero-order valence-electron chi connectivity index (χ0n) is 14.6. The monoisotopic (exact) mass is 315 g/mol. The lowest BCUT2D eigenvalue weighted by Crippen LogP contribution is -2.36. The van der Waals surface area contributed by atoms with Crippen LogP contribution in [0.25, 0.3) is 0 Å². The van der Waals surface area contributed by atoms with Crippen LogP contribution in [-0.4, -0.2) is 43.3 Å². The first kappa shape index (κ1) is 20.7. The van der Waals surface area contributed by atoms with Gasteiger partial charge < -0.3 is 9.47 Å². The number of ether oxygens (including phenoxy) is 2. The maximum absolute atomic E-state index is 11.7. The summed E-state index contributed by atoms with van der Waals surface area (Å²) in [6.45, 7) is 7.18. The number of rotatable bonds is 13. The highest BCUT2D eigenvalue weighted by atomic mass is 16.6. The molecule has 22 heavy (non-hydrogen) atoms. The van der Waals surface area contributed by atoms with Gasteiger partial charge in [-0.05, 0) is 19.8 Å². The highest BCUT2D eigenvalue weighted by Gasteiger charge is 2.17. The van der Waals surface area contributed by atoms with Crippen LogP contribution < -0.4 is 0 Å². The average molecular weight is 315 g/mol. The van der Waals surface area contributed by atoms with Crippen LogP contribution in [-0.2, 0) is 14.3 Å². The summed E-state index contributed by atoms with van der Waals surface area (Å²) in [4.78, 5) is 24.7. The summed E-state index contributed by atoms with van der Waals surface area (Å²) in [5.41, 5.74) is 0. The molecule has 0 N–H and O–H groups in total. The van der Waals surface area contributed by atoms with Crippen molar-refractivity contribution in [3.05, 3.63) is 0 Å². The maximum atomic E-state index is 11.7. The summed E-state index contributed by atoms with van der Waals surface area (Å²) < 4.78 is 10.2. The molecular weight excluding hydrogens is 282 g/mol. The number of hydrogen-bond donors (Lipinski definition) is 0. The fourth-order valence-corrected chi connectivity index (χ4v) is 2.03. The minimum atomic E-state index is -0.447. The van der Waals surface area contributed by atoms with E-state index in [0.29, 0.717) is 19.8 Å². The number of nitrogens with zero attached hydrogens (tertiary/aromatic N) is 1. The van der Waals surface area contributed by atoms with E-state index in [1.165, 1.54) is 37.0 Å². The van der Waals surface area contributed by atoms with Crippen LogP contribution in [0.3, 0.4) is 0 Å². The Morgan fingerprint density at radius 1 is 0.773 bits per heavy atom. The number of unbranched alkanes of at least 4 members (excludes halogenated alkanes) is 6. The van der Waals surface area contributed by atoms with E-state index in [2.05, 4.69) is 6.92 Å². The third-order valence-corrected chi connectivity index (χ3v) is 3.40. The second kappa shape index (κ2) is 14.7. The lowest BCUT2D eigenvalue weighted by Gasteiger charge is -2.19. The van der Waals surface area contributed by atoms with E-state index in [1.54, 1.807) is 0 Å². The minimum absolute atomic E-state index is 0.0322. The summed E-state index contributed by atoms with van der Waals surface area (Å²) in [5, 5.41) is 0. The minimum Gasteiger partial charge on any atom is -0.464 e. The van der Waals surface area contributed by atoms with E-state index >= 15 is 0 Å². The predicted octanol–water partition coefficient (Wildman–Crippen LogP) is 4.15. The van der Waals surface area contributed by atoms with Crippen molar-refractivity contribution in [1.82, 2.24) is 4.90 Å². The Bertz CT molecular complexity index is 294. The first-order valence-corrected chi connectivity index (χ1v) is 8.72. The number of carbonyl (C=O) groups excluding carboxylic acids is 2. The lowest BCUT2D eigenvalue weighted by molar-refractivity contribution is -0.144. The van der Waals surface area contributed by atoms with Crippen molar-refractivity contribution >= 4 is 12.1 Å². The van der Waals surface area contributed by atoms with E-state index in [4.69, 9.17) is 9.47 Å². The van der Waals surface area contributed by atoms with Gasteiger partial charge in [-0.25, -0.2) is 4.79 Å². The van der Waals surface area contributed by atoms with Gasteiger partial charge in [0.15, 0.2) is 0 Å². The number of carbonyl (C=O) groups is 2. The van der Waals surface area contributed by atoms with Crippen LogP contribution in [0.1, 0.15) is 72.1 Å². The van der Waals surface area contributed by atoms with Crippen LogP contribution in [0.15, 0.2) is 0 Å². The molecule has 0 aliphatic carbocycles. The van der Waals surface area contributed by atoms with Crippen molar-refractivity contribution in [3.63, 3.8) is 0 Å². The highest BCUT2D eigenvalue weighted by Crippen LogP contribution is 2.07. The molecule has 5 nitrogen and oxygen atoms in total. The quantitative estimate of drug-likeness (QED) is 0.378. The third kappa shape index (κ3) is 11.4. The molecule has 0 saturated heterocycles. The van der Waals surface area contributed by atoms with Gasteiger partial charge in [-0.2, -0.15) is 0 Å². The normalized spacial score (nSPS) is 10.3. The van der Waals surface area contributed by atoms with Gasteiger partial charge in [0.25, 0.3) is 0 Å². The van der Waals surface area contributed by atoms with Crippen molar-refractivity contribution in [2.24, 2.45) is 0 Å². The molecule has 0 aliphatic heterocycles.